The predicted molar refractivity (Wildman–Crippen MR) is 130 cm³/mol. The maximum atomic E-state index is 13.4. The number of sulfonamides is 1. The fraction of sp³-hybridized carbons (Fsp3) is 0.240. The van der Waals surface area contributed by atoms with Crippen molar-refractivity contribution in [1.29, 1.82) is 0 Å². The number of carbonyl (C=O) groups excluding carboxylic acids is 1. The van der Waals surface area contributed by atoms with Crippen LogP contribution in [0.25, 0.3) is 0 Å². The molecule has 0 atom stereocenters. The molecule has 3 rings (SSSR count). The van der Waals surface area contributed by atoms with Crippen LogP contribution in [0.15, 0.2) is 71.6 Å². The highest BCUT2D eigenvalue weighted by molar-refractivity contribution is 7.92. The maximum absolute atomic E-state index is 13.4. The Kier molecular flexibility index (Phi) is 8.01. The molecule has 0 aliphatic carbocycles. The highest BCUT2D eigenvalue weighted by Crippen LogP contribution is 2.38. The van der Waals surface area contributed by atoms with Crippen molar-refractivity contribution in [3.63, 3.8) is 0 Å². The van der Waals surface area contributed by atoms with E-state index in [1.165, 1.54) is 33.5 Å². The van der Waals surface area contributed by atoms with Crippen molar-refractivity contribution in [2.24, 2.45) is 0 Å². The Bertz CT molecular complexity index is 1200. The van der Waals surface area contributed by atoms with Crippen molar-refractivity contribution in [2.45, 2.75) is 18.4 Å². The van der Waals surface area contributed by atoms with Crippen LogP contribution in [-0.2, 0) is 21.4 Å². The smallest absolute Gasteiger partial charge is 0.264 e. The second-order valence-electron chi connectivity index (χ2n) is 7.47. The molecular formula is C25H28N2O6S. The lowest BCUT2D eigenvalue weighted by Gasteiger charge is -2.24. The van der Waals surface area contributed by atoms with Crippen molar-refractivity contribution in [2.75, 3.05) is 32.2 Å². The van der Waals surface area contributed by atoms with Gasteiger partial charge in [-0.1, -0.05) is 35.9 Å². The standard InChI is InChI=1S/C25H28N2O6S/c1-18-10-12-21(13-11-18)34(29,30)27(20-8-6-5-7-9-20)17-24(28)26-16-19-14-22(31-2)25(33-4)23(15-19)32-3/h5-15H,16-17H2,1-4H3,(H,26,28). The lowest BCUT2D eigenvalue weighted by Crippen LogP contribution is -2.40. The Morgan fingerprint density at radius 1 is 0.882 bits per heavy atom. The zero-order chi connectivity index (χ0) is 24.7. The van der Waals surface area contributed by atoms with E-state index in [-0.39, 0.29) is 18.0 Å². The van der Waals surface area contributed by atoms with Crippen LogP contribution >= 0.6 is 0 Å². The molecule has 180 valence electrons. The number of para-hydroxylation sites is 1. The van der Waals surface area contributed by atoms with Crippen LogP contribution in [0.1, 0.15) is 11.1 Å². The Morgan fingerprint density at radius 3 is 2.00 bits per heavy atom. The van der Waals surface area contributed by atoms with Crippen LogP contribution in [0, 0.1) is 6.92 Å². The maximum Gasteiger partial charge on any atom is 0.264 e. The van der Waals surface area contributed by atoms with E-state index >= 15 is 0 Å². The third-order valence-electron chi connectivity index (χ3n) is 5.15. The van der Waals surface area contributed by atoms with E-state index < -0.39 is 15.9 Å². The first-order chi connectivity index (χ1) is 16.3. The lowest BCUT2D eigenvalue weighted by molar-refractivity contribution is -0.119. The van der Waals surface area contributed by atoms with Crippen molar-refractivity contribution in [1.82, 2.24) is 5.32 Å². The first-order valence-corrected chi connectivity index (χ1v) is 11.9. The Morgan fingerprint density at radius 2 is 1.47 bits per heavy atom. The van der Waals surface area contributed by atoms with Gasteiger partial charge >= 0.3 is 0 Å². The number of carbonyl (C=O) groups is 1. The number of aryl methyl sites for hydroxylation is 1. The summed E-state index contributed by atoms with van der Waals surface area (Å²) in [6, 6.07) is 18.5. The van der Waals surface area contributed by atoms with Crippen LogP contribution in [0.2, 0.25) is 0 Å². The van der Waals surface area contributed by atoms with E-state index in [4.69, 9.17) is 14.2 Å². The molecule has 0 aliphatic heterocycles. The highest BCUT2D eigenvalue weighted by Gasteiger charge is 2.27. The van der Waals surface area contributed by atoms with E-state index in [2.05, 4.69) is 5.32 Å². The zero-order valence-corrected chi connectivity index (χ0v) is 20.4. The Hall–Kier alpha value is -3.72. The van der Waals surface area contributed by atoms with Crippen molar-refractivity contribution in [3.8, 4) is 17.2 Å². The number of rotatable bonds is 10. The van der Waals surface area contributed by atoms with Gasteiger partial charge in [0.25, 0.3) is 10.0 Å². The molecule has 34 heavy (non-hydrogen) atoms. The molecule has 0 unspecified atom stereocenters. The number of hydrogen-bond acceptors (Lipinski definition) is 6. The first kappa shape index (κ1) is 24.9. The summed E-state index contributed by atoms with van der Waals surface area (Å²) in [6.07, 6.45) is 0. The van der Waals surface area contributed by atoms with Gasteiger partial charge in [-0.05, 0) is 48.9 Å². The summed E-state index contributed by atoms with van der Waals surface area (Å²) < 4.78 is 43.9. The van der Waals surface area contributed by atoms with Gasteiger partial charge in [0.05, 0.1) is 31.9 Å². The van der Waals surface area contributed by atoms with E-state index in [1.807, 2.05) is 6.92 Å². The van der Waals surface area contributed by atoms with Gasteiger partial charge in [-0.15, -0.1) is 0 Å². The first-order valence-electron chi connectivity index (χ1n) is 10.5. The topological polar surface area (TPSA) is 94.2 Å². The molecule has 3 aromatic carbocycles. The van der Waals surface area contributed by atoms with Crippen LogP contribution in [0.3, 0.4) is 0 Å². The molecule has 0 radical (unpaired) electrons. The van der Waals surface area contributed by atoms with Crippen LogP contribution in [-0.4, -0.2) is 42.2 Å². The molecule has 0 aliphatic rings. The quantitative estimate of drug-likeness (QED) is 0.473. The number of hydrogen-bond donors (Lipinski definition) is 1. The second-order valence-corrected chi connectivity index (χ2v) is 9.33. The second kappa shape index (κ2) is 10.9. The number of anilines is 1. The molecule has 9 heteroatoms. The molecule has 0 fully saturated rings. The van der Waals surface area contributed by atoms with Crippen molar-refractivity contribution in [3.05, 3.63) is 77.9 Å². The van der Waals surface area contributed by atoms with E-state index in [9.17, 15) is 13.2 Å². The highest BCUT2D eigenvalue weighted by atomic mass is 32.2. The summed E-state index contributed by atoms with van der Waals surface area (Å²) >= 11 is 0. The van der Waals surface area contributed by atoms with E-state index in [0.717, 1.165) is 9.87 Å². The Balaban J connectivity index is 1.83. The van der Waals surface area contributed by atoms with Crippen LogP contribution in [0.5, 0.6) is 17.2 Å². The summed E-state index contributed by atoms with van der Waals surface area (Å²) in [5.74, 6) is 0.894. The third kappa shape index (κ3) is 5.60. The van der Waals surface area contributed by atoms with Gasteiger partial charge in [-0.3, -0.25) is 9.10 Å². The molecule has 0 spiro atoms. The van der Waals surface area contributed by atoms with E-state index in [1.54, 1.807) is 54.6 Å². The van der Waals surface area contributed by atoms with Gasteiger partial charge < -0.3 is 19.5 Å². The summed E-state index contributed by atoms with van der Waals surface area (Å²) in [6.45, 7) is 1.63. The molecule has 0 heterocycles. The van der Waals surface area contributed by atoms with Gasteiger partial charge in [-0.2, -0.15) is 0 Å². The SMILES string of the molecule is COc1cc(CNC(=O)CN(c2ccccc2)S(=O)(=O)c2ccc(C)cc2)cc(OC)c1OC. The average Bonchev–Trinajstić information content (AvgIpc) is 2.85. The molecule has 0 saturated carbocycles. The van der Waals surface area contributed by atoms with Gasteiger partial charge in [0, 0.05) is 6.54 Å². The molecule has 1 amide bonds. The fourth-order valence-corrected chi connectivity index (χ4v) is 4.79. The summed E-state index contributed by atoms with van der Waals surface area (Å²) in [5, 5.41) is 2.77. The number of amides is 1. The average molecular weight is 485 g/mol. The number of ether oxygens (including phenoxy) is 3. The molecule has 0 aromatic heterocycles. The van der Waals surface area contributed by atoms with Crippen molar-refractivity contribution >= 4 is 21.6 Å². The summed E-state index contributed by atoms with van der Waals surface area (Å²) in [5.41, 5.74) is 2.04. The van der Waals surface area contributed by atoms with Gasteiger partial charge in [0.1, 0.15) is 6.54 Å². The van der Waals surface area contributed by atoms with E-state index in [0.29, 0.717) is 28.5 Å². The molecule has 0 bridgehead atoms. The molecule has 8 nitrogen and oxygen atoms in total. The zero-order valence-electron chi connectivity index (χ0n) is 19.6. The molecular weight excluding hydrogens is 456 g/mol. The van der Waals surface area contributed by atoms with Gasteiger partial charge in [-0.25, -0.2) is 8.42 Å². The minimum atomic E-state index is -3.96. The normalized spacial score (nSPS) is 10.9. The van der Waals surface area contributed by atoms with Crippen LogP contribution in [0.4, 0.5) is 5.69 Å². The minimum absolute atomic E-state index is 0.111. The Labute approximate surface area is 200 Å². The van der Waals surface area contributed by atoms with Gasteiger partial charge in [0.15, 0.2) is 11.5 Å². The predicted octanol–water partition coefficient (Wildman–Crippen LogP) is 3.53. The molecule has 3 aromatic rings. The fourth-order valence-electron chi connectivity index (χ4n) is 3.37. The minimum Gasteiger partial charge on any atom is -0.493 e. The summed E-state index contributed by atoms with van der Waals surface area (Å²) in [4.78, 5) is 13.0. The number of nitrogens with zero attached hydrogens (tertiary/aromatic N) is 1. The monoisotopic (exact) mass is 484 g/mol. The third-order valence-corrected chi connectivity index (χ3v) is 6.94. The molecule has 0 saturated heterocycles. The lowest BCUT2D eigenvalue weighted by atomic mass is 10.1. The summed E-state index contributed by atoms with van der Waals surface area (Å²) in [7, 11) is 0.560. The number of nitrogens with one attached hydrogen (secondary N) is 1. The largest absolute Gasteiger partial charge is 0.493 e. The molecule has 1 N–H and O–H groups in total. The van der Waals surface area contributed by atoms with Crippen LogP contribution < -0.4 is 23.8 Å². The van der Waals surface area contributed by atoms with Crippen molar-refractivity contribution < 1.29 is 27.4 Å². The number of benzene rings is 3. The number of methoxy groups -OCH3 is 3. The van der Waals surface area contributed by atoms with Gasteiger partial charge in [0.2, 0.25) is 11.7 Å².